The quantitative estimate of drug-likeness (QED) is 0.574. The molecule has 2 aromatic heterocycles. The Labute approximate surface area is 184 Å². The molecule has 1 saturated heterocycles. The van der Waals surface area contributed by atoms with Crippen molar-refractivity contribution in [2.75, 3.05) is 13.7 Å². The van der Waals surface area contributed by atoms with Gasteiger partial charge in [-0.2, -0.15) is 18.3 Å². The molecule has 170 valence electrons. The van der Waals surface area contributed by atoms with Crippen LogP contribution in [0.2, 0.25) is 0 Å². The molecule has 6 nitrogen and oxygen atoms in total. The zero-order chi connectivity index (χ0) is 22.9. The number of alkyl halides is 3. The van der Waals surface area contributed by atoms with Crippen LogP contribution in [0, 0.1) is 0 Å². The van der Waals surface area contributed by atoms with E-state index in [1.807, 2.05) is 24.3 Å². The Morgan fingerprint density at radius 1 is 1.22 bits per heavy atom. The summed E-state index contributed by atoms with van der Waals surface area (Å²) < 4.78 is 47.0. The first-order valence-electron chi connectivity index (χ1n) is 10.7. The molecule has 0 saturated carbocycles. The maximum absolute atomic E-state index is 13.6. The number of nitrogens with zero attached hydrogens (tertiary/aromatic N) is 4. The fourth-order valence-electron chi connectivity index (χ4n) is 4.19. The zero-order valence-electron chi connectivity index (χ0n) is 18.0. The number of amides is 1. The molecule has 0 N–H and O–H groups in total. The molecule has 0 aliphatic carbocycles. The van der Waals surface area contributed by atoms with Crippen LogP contribution in [0.15, 0.2) is 36.4 Å². The molecular formula is C23H25F3N4O2. The SMILES string of the molecule is CCc1cc(C(F)(F)F)n2nc(C3CCCCN3C(=O)Cc3cccc(OC)c3)cc2n1. The Morgan fingerprint density at radius 2 is 2.03 bits per heavy atom. The monoisotopic (exact) mass is 446 g/mol. The maximum Gasteiger partial charge on any atom is 0.433 e. The van der Waals surface area contributed by atoms with E-state index in [0.29, 0.717) is 36.5 Å². The van der Waals surface area contributed by atoms with Crippen molar-refractivity contribution in [2.45, 2.75) is 51.2 Å². The average molecular weight is 446 g/mol. The molecule has 3 aromatic rings. The van der Waals surface area contributed by atoms with E-state index in [0.717, 1.165) is 29.0 Å². The minimum atomic E-state index is -4.55. The van der Waals surface area contributed by atoms with Gasteiger partial charge in [-0.05, 0) is 49.4 Å². The Balaban J connectivity index is 1.66. The molecule has 4 rings (SSSR count). The first kappa shape index (κ1) is 22.1. The molecule has 0 bridgehead atoms. The number of piperidine rings is 1. The Bertz CT molecular complexity index is 1130. The molecule has 1 atom stereocenters. The van der Waals surface area contributed by atoms with Gasteiger partial charge >= 0.3 is 6.18 Å². The number of ether oxygens (including phenoxy) is 1. The highest BCUT2D eigenvalue weighted by Gasteiger charge is 2.36. The minimum Gasteiger partial charge on any atom is -0.497 e. The summed E-state index contributed by atoms with van der Waals surface area (Å²) in [5.41, 5.74) is 0.913. The van der Waals surface area contributed by atoms with Crippen LogP contribution < -0.4 is 4.74 Å². The van der Waals surface area contributed by atoms with Crippen LogP contribution in [0.5, 0.6) is 5.75 Å². The highest BCUT2D eigenvalue weighted by Crippen LogP contribution is 2.34. The third kappa shape index (κ3) is 4.42. The molecule has 0 radical (unpaired) electrons. The number of carbonyl (C=O) groups excluding carboxylic acids is 1. The predicted octanol–water partition coefficient (Wildman–Crippen LogP) is 4.62. The smallest absolute Gasteiger partial charge is 0.433 e. The molecular weight excluding hydrogens is 421 g/mol. The number of methoxy groups -OCH3 is 1. The molecule has 3 heterocycles. The molecule has 1 aliphatic heterocycles. The summed E-state index contributed by atoms with van der Waals surface area (Å²) >= 11 is 0. The topological polar surface area (TPSA) is 59.7 Å². The van der Waals surface area contributed by atoms with Crippen molar-refractivity contribution in [3.8, 4) is 5.75 Å². The van der Waals surface area contributed by atoms with Gasteiger partial charge in [0.2, 0.25) is 5.91 Å². The summed E-state index contributed by atoms with van der Waals surface area (Å²) in [5.74, 6) is 0.585. The first-order valence-corrected chi connectivity index (χ1v) is 10.7. The fraction of sp³-hybridized carbons (Fsp3) is 0.435. The number of aromatic nitrogens is 3. The van der Waals surface area contributed by atoms with Crippen LogP contribution in [0.4, 0.5) is 13.2 Å². The van der Waals surface area contributed by atoms with Gasteiger partial charge in [-0.25, -0.2) is 9.50 Å². The van der Waals surface area contributed by atoms with Crippen LogP contribution in [0.25, 0.3) is 5.65 Å². The van der Waals surface area contributed by atoms with Crippen LogP contribution >= 0.6 is 0 Å². The summed E-state index contributed by atoms with van der Waals surface area (Å²) in [6.07, 6.45) is -1.61. The number of hydrogen-bond donors (Lipinski definition) is 0. The molecule has 1 aliphatic rings. The third-order valence-corrected chi connectivity index (χ3v) is 5.81. The lowest BCUT2D eigenvalue weighted by Gasteiger charge is -2.35. The van der Waals surface area contributed by atoms with Gasteiger partial charge in [0.05, 0.1) is 25.3 Å². The average Bonchev–Trinajstić information content (AvgIpc) is 3.21. The Morgan fingerprint density at radius 3 is 2.75 bits per heavy atom. The van der Waals surface area contributed by atoms with Gasteiger partial charge in [0, 0.05) is 18.3 Å². The van der Waals surface area contributed by atoms with Gasteiger partial charge in [0.25, 0.3) is 0 Å². The lowest BCUT2D eigenvalue weighted by atomic mass is 9.98. The fourth-order valence-corrected chi connectivity index (χ4v) is 4.19. The van der Waals surface area contributed by atoms with Gasteiger partial charge < -0.3 is 9.64 Å². The van der Waals surface area contributed by atoms with Gasteiger partial charge in [-0.15, -0.1) is 0 Å². The zero-order valence-corrected chi connectivity index (χ0v) is 18.0. The third-order valence-electron chi connectivity index (χ3n) is 5.81. The lowest BCUT2D eigenvalue weighted by molar-refractivity contribution is -0.143. The number of fused-ring (bicyclic) bond motifs is 1. The van der Waals surface area contributed by atoms with Gasteiger partial charge in [-0.1, -0.05) is 19.1 Å². The molecule has 1 fully saturated rings. The van der Waals surface area contributed by atoms with Crippen molar-refractivity contribution >= 4 is 11.6 Å². The molecule has 1 unspecified atom stereocenters. The second-order valence-corrected chi connectivity index (χ2v) is 7.95. The van der Waals surface area contributed by atoms with Gasteiger partial charge in [-0.3, -0.25) is 4.79 Å². The second kappa shape index (κ2) is 8.80. The van der Waals surface area contributed by atoms with E-state index in [2.05, 4.69) is 10.1 Å². The van der Waals surface area contributed by atoms with E-state index < -0.39 is 11.9 Å². The highest BCUT2D eigenvalue weighted by atomic mass is 19.4. The number of carbonyl (C=O) groups is 1. The number of hydrogen-bond acceptors (Lipinski definition) is 4. The highest BCUT2D eigenvalue weighted by molar-refractivity contribution is 5.79. The van der Waals surface area contributed by atoms with E-state index in [9.17, 15) is 18.0 Å². The van der Waals surface area contributed by atoms with Crippen LogP contribution in [0.3, 0.4) is 0 Å². The van der Waals surface area contributed by atoms with Crippen molar-refractivity contribution in [3.63, 3.8) is 0 Å². The summed E-state index contributed by atoms with van der Waals surface area (Å²) in [5, 5.41) is 4.27. The van der Waals surface area contributed by atoms with Gasteiger partial charge in [0.15, 0.2) is 5.65 Å². The van der Waals surface area contributed by atoms with Crippen molar-refractivity contribution in [1.29, 1.82) is 0 Å². The number of halogens is 3. The summed E-state index contributed by atoms with van der Waals surface area (Å²) in [6.45, 7) is 2.30. The van der Waals surface area contributed by atoms with Crippen molar-refractivity contribution in [1.82, 2.24) is 19.5 Å². The van der Waals surface area contributed by atoms with Crippen molar-refractivity contribution < 1.29 is 22.7 Å². The Hall–Kier alpha value is -3.10. The summed E-state index contributed by atoms with van der Waals surface area (Å²) in [4.78, 5) is 19.2. The standard InChI is InChI=1S/C23H25F3N4O2/c1-3-16-13-20(23(24,25)26)30-21(27-16)14-18(28-30)19-9-4-5-10-29(19)22(31)12-15-7-6-8-17(11-15)32-2/h6-8,11,13-14,19H,3-5,9-10,12H2,1-2H3. The number of aryl methyl sites for hydroxylation is 1. The van der Waals surface area contributed by atoms with E-state index in [1.165, 1.54) is 0 Å². The first-order chi connectivity index (χ1) is 15.3. The van der Waals surface area contributed by atoms with Crippen LogP contribution in [-0.2, 0) is 23.8 Å². The molecule has 32 heavy (non-hydrogen) atoms. The lowest BCUT2D eigenvalue weighted by Crippen LogP contribution is -2.39. The van der Waals surface area contributed by atoms with E-state index in [4.69, 9.17) is 4.74 Å². The van der Waals surface area contributed by atoms with Crippen LogP contribution in [0.1, 0.15) is 54.9 Å². The summed E-state index contributed by atoms with van der Waals surface area (Å²) in [7, 11) is 1.57. The van der Waals surface area contributed by atoms with E-state index in [1.54, 1.807) is 25.0 Å². The normalized spacial score (nSPS) is 17.0. The molecule has 1 amide bonds. The van der Waals surface area contributed by atoms with E-state index >= 15 is 0 Å². The van der Waals surface area contributed by atoms with Gasteiger partial charge in [0.1, 0.15) is 11.4 Å². The second-order valence-electron chi connectivity index (χ2n) is 7.95. The maximum atomic E-state index is 13.6. The largest absolute Gasteiger partial charge is 0.497 e. The van der Waals surface area contributed by atoms with Crippen LogP contribution in [-0.4, -0.2) is 39.1 Å². The van der Waals surface area contributed by atoms with E-state index in [-0.39, 0.29) is 24.0 Å². The van der Waals surface area contributed by atoms with Crippen molar-refractivity contribution in [3.05, 3.63) is 59.0 Å². The van der Waals surface area contributed by atoms with Crippen molar-refractivity contribution in [2.24, 2.45) is 0 Å². The Kier molecular flexibility index (Phi) is 6.08. The summed E-state index contributed by atoms with van der Waals surface area (Å²) in [6, 6.07) is 9.54. The molecule has 1 aromatic carbocycles. The minimum absolute atomic E-state index is 0.0849. The predicted molar refractivity (Wildman–Crippen MR) is 112 cm³/mol. The molecule has 9 heteroatoms. The molecule has 0 spiro atoms. The number of rotatable bonds is 5. The number of likely N-dealkylation sites (tertiary alicyclic amines) is 1. The number of benzene rings is 1.